The standard InChI is InChI=1S/C14H17NOS/c1-3-6-14(16)15-10(2)12-9-17-13-8-5-4-7-11(12)13/h4-5,7-10H,3,6H2,1-2H3,(H,15,16)/t10-/m0/s1. The number of amides is 1. The molecule has 0 unspecified atom stereocenters. The minimum atomic E-state index is 0.0881. The Hall–Kier alpha value is -1.35. The molecule has 2 nitrogen and oxygen atoms in total. The zero-order valence-electron chi connectivity index (χ0n) is 10.2. The van der Waals surface area contributed by atoms with Crippen molar-refractivity contribution < 1.29 is 4.79 Å². The predicted octanol–water partition coefficient (Wildman–Crippen LogP) is 3.88. The van der Waals surface area contributed by atoms with Gasteiger partial charge >= 0.3 is 0 Å². The monoisotopic (exact) mass is 247 g/mol. The van der Waals surface area contributed by atoms with E-state index in [1.165, 1.54) is 15.6 Å². The Morgan fingerprint density at radius 3 is 2.94 bits per heavy atom. The number of carbonyl (C=O) groups is 1. The molecular weight excluding hydrogens is 230 g/mol. The van der Waals surface area contributed by atoms with Gasteiger partial charge in [-0.2, -0.15) is 0 Å². The molecule has 1 aromatic carbocycles. The van der Waals surface area contributed by atoms with Crippen LogP contribution in [0.5, 0.6) is 0 Å². The molecule has 3 heteroatoms. The number of thiophene rings is 1. The van der Waals surface area contributed by atoms with Crippen molar-refractivity contribution in [2.75, 3.05) is 0 Å². The Morgan fingerprint density at radius 2 is 2.18 bits per heavy atom. The summed E-state index contributed by atoms with van der Waals surface area (Å²) in [4.78, 5) is 11.6. The second-order valence-corrected chi connectivity index (χ2v) is 5.14. The van der Waals surface area contributed by atoms with Crippen LogP contribution < -0.4 is 5.32 Å². The number of rotatable bonds is 4. The average molecular weight is 247 g/mol. The van der Waals surface area contributed by atoms with Gasteiger partial charge in [-0.25, -0.2) is 0 Å². The van der Waals surface area contributed by atoms with Crippen molar-refractivity contribution in [1.82, 2.24) is 5.32 Å². The topological polar surface area (TPSA) is 29.1 Å². The lowest BCUT2D eigenvalue weighted by molar-refractivity contribution is -0.121. The van der Waals surface area contributed by atoms with E-state index >= 15 is 0 Å². The Labute approximate surface area is 106 Å². The number of fused-ring (bicyclic) bond motifs is 1. The van der Waals surface area contributed by atoms with Gasteiger partial charge in [0.05, 0.1) is 6.04 Å². The highest BCUT2D eigenvalue weighted by Gasteiger charge is 2.12. The third kappa shape index (κ3) is 2.67. The molecule has 0 aliphatic heterocycles. The fraction of sp³-hybridized carbons (Fsp3) is 0.357. The van der Waals surface area contributed by atoms with Crippen molar-refractivity contribution in [3.05, 3.63) is 35.2 Å². The van der Waals surface area contributed by atoms with Crippen molar-refractivity contribution in [2.45, 2.75) is 32.7 Å². The molecule has 1 atom stereocenters. The first kappa shape index (κ1) is 12.1. The van der Waals surface area contributed by atoms with Crippen LogP contribution in [-0.4, -0.2) is 5.91 Å². The Kier molecular flexibility index (Phi) is 3.79. The maximum Gasteiger partial charge on any atom is 0.220 e. The highest BCUT2D eigenvalue weighted by Crippen LogP contribution is 2.29. The van der Waals surface area contributed by atoms with Crippen LogP contribution in [0, 0.1) is 0 Å². The van der Waals surface area contributed by atoms with Gasteiger partial charge in [0.2, 0.25) is 5.91 Å². The molecule has 90 valence electrons. The smallest absolute Gasteiger partial charge is 0.220 e. The van der Waals surface area contributed by atoms with Crippen molar-refractivity contribution in [1.29, 1.82) is 0 Å². The van der Waals surface area contributed by atoms with Crippen LogP contribution in [0.2, 0.25) is 0 Å². The van der Waals surface area contributed by atoms with Crippen LogP contribution in [-0.2, 0) is 4.79 Å². The number of benzene rings is 1. The first-order valence-corrected chi connectivity index (χ1v) is 6.85. The molecule has 0 radical (unpaired) electrons. The maximum atomic E-state index is 11.6. The van der Waals surface area contributed by atoms with Gasteiger partial charge in [-0.1, -0.05) is 25.1 Å². The summed E-state index contributed by atoms with van der Waals surface area (Å²) in [5, 5.41) is 6.44. The average Bonchev–Trinajstić information content (AvgIpc) is 2.72. The minimum absolute atomic E-state index is 0.0881. The van der Waals surface area contributed by atoms with E-state index < -0.39 is 0 Å². The highest BCUT2D eigenvalue weighted by molar-refractivity contribution is 7.17. The molecule has 0 saturated heterocycles. The number of hydrogen-bond acceptors (Lipinski definition) is 2. The molecular formula is C14H17NOS. The van der Waals surface area contributed by atoms with E-state index in [0.29, 0.717) is 6.42 Å². The summed E-state index contributed by atoms with van der Waals surface area (Å²) in [6.45, 7) is 4.06. The zero-order chi connectivity index (χ0) is 12.3. The van der Waals surface area contributed by atoms with Crippen molar-refractivity contribution in [2.24, 2.45) is 0 Å². The molecule has 1 aromatic heterocycles. The van der Waals surface area contributed by atoms with Gasteiger partial charge in [0.15, 0.2) is 0 Å². The van der Waals surface area contributed by atoms with E-state index in [-0.39, 0.29) is 11.9 Å². The van der Waals surface area contributed by atoms with Crippen LogP contribution in [0.25, 0.3) is 10.1 Å². The van der Waals surface area contributed by atoms with E-state index in [1.807, 2.05) is 26.0 Å². The largest absolute Gasteiger partial charge is 0.350 e. The second kappa shape index (κ2) is 5.32. The van der Waals surface area contributed by atoms with Gasteiger partial charge in [0.1, 0.15) is 0 Å². The third-order valence-corrected chi connectivity index (χ3v) is 3.81. The SMILES string of the molecule is CCCC(=O)N[C@@H](C)c1csc2ccccc12. The number of hydrogen-bond donors (Lipinski definition) is 1. The van der Waals surface area contributed by atoms with E-state index in [0.717, 1.165) is 6.42 Å². The molecule has 1 amide bonds. The first-order valence-electron chi connectivity index (χ1n) is 5.98. The maximum absolute atomic E-state index is 11.6. The van der Waals surface area contributed by atoms with E-state index in [2.05, 4.69) is 22.8 Å². The van der Waals surface area contributed by atoms with Gasteiger partial charge in [-0.15, -0.1) is 11.3 Å². The summed E-state index contributed by atoms with van der Waals surface area (Å²) >= 11 is 1.73. The van der Waals surface area contributed by atoms with Crippen molar-refractivity contribution >= 4 is 27.3 Å². The molecule has 0 aliphatic carbocycles. The van der Waals surface area contributed by atoms with Gasteiger partial charge in [-0.05, 0) is 35.7 Å². The molecule has 2 rings (SSSR count). The Balaban J connectivity index is 2.19. The molecule has 2 aromatic rings. The minimum Gasteiger partial charge on any atom is -0.350 e. The lowest BCUT2D eigenvalue weighted by atomic mass is 10.1. The molecule has 0 spiro atoms. The molecule has 1 heterocycles. The van der Waals surface area contributed by atoms with Crippen molar-refractivity contribution in [3.8, 4) is 0 Å². The molecule has 17 heavy (non-hydrogen) atoms. The van der Waals surface area contributed by atoms with Crippen LogP contribution in [0.1, 0.15) is 38.3 Å². The molecule has 0 fully saturated rings. The van der Waals surface area contributed by atoms with E-state index in [1.54, 1.807) is 11.3 Å². The third-order valence-electron chi connectivity index (χ3n) is 2.83. The van der Waals surface area contributed by atoms with Crippen LogP contribution in [0.4, 0.5) is 0 Å². The fourth-order valence-electron chi connectivity index (χ4n) is 1.95. The highest BCUT2D eigenvalue weighted by atomic mass is 32.1. The van der Waals surface area contributed by atoms with Gasteiger partial charge in [0.25, 0.3) is 0 Å². The summed E-state index contributed by atoms with van der Waals surface area (Å²) < 4.78 is 1.28. The lowest BCUT2D eigenvalue weighted by Gasteiger charge is -2.13. The van der Waals surface area contributed by atoms with Crippen LogP contribution in [0.15, 0.2) is 29.6 Å². The normalized spacial score (nSPS) is 12.6. The van der Waals surface area contributed by atoms with Gasteiger partial charge in [-0.3, -0.25) is 4.79 Å². The summed E-state index contributed by atoms with van der Waals surface area (Å²) in [7, 11) is 0. The van der Waals surface area contributed by atoms with E-state index in [4.69, 9.17) is 0 Å². The summed E-state index contributed by atoms with van der Waals surface area (Å²) in [6, 6.07) is 8.40. The zero-order valence-corrected chi connectivity index (χ0v) is 11.0. The second-order valence-electron chi connectivity index (χ2n) is 4.23. The fourth-order valence-corrected chi connectivity index (χ4v) is 3.01. The van der Waals surface area contributed by atoms with Gasteiger partial charge in [0, 0.05) is 11.1 Å². The molecule has 1 N–H and O–H groups in total. The predicted molar refractivity (Wildman–Crippen MR) is 73.3 cm³/mol. The molecule has 0 aliphatic rings. The van der Waals surface area contributed by atoms with E-state index in [9.17, 15) is 4.79 Å². The number of carbonyl (C=O) groups excluding carboxylic acids is 1. The van der Waals surface area contributed by atoms with Crippen LogP contribution >= 0.6 is 11.3 Å². The number of nitrogens with one attached hydrogen (secondary N) is 1. The summed E-state index contributed by atoms with van der Waals surface area (Å²) in [6.07, 6.45) is 1.50. The molecule has 0 saturated carbocycles. The lowest BCUT2D eigenvalue weighted by Crippen LogP contribution is -2.25. The van der Waals surface area contributed by atoms with Gasteiger partial charge < -0.3 is 5.32 Å². The van der Waals surface area contributed by atoms with Crippen molar-refractivity contribution in [3.63, 3.8) is 0 Å². The quantitative estimate of drug-likeness (QED) is 0.872. The van der Waals surface area contributed by atoms with Crippen LogP contribution in [0.3, 0.4) is 0 Å². The molecule has 0 bridgehead atoms. The first-order chi connectivity index (χ1) is 8.22. The Morgan fingerprint density at radius 1 is 1.41 bits per heavy atom. The summed E-state index contributed by atoms with van der Waals surface area (Å²) in [5.74, 6) is 0.135. The summed E-state index contributed by atoms with van der Waals surface area (Å²) in [5.41, 5.74) is 1.22. The Bertz CT molecular complexity index is 518.